The molecule has 22 heavy (non-hydrogen) atoms. The van der Waals surface area contributed by atoms with Gasteiger partial charge < -0.3 is 25.4 Å². The minimum Gasteiger partial charge on any atom is -0.472 e. The second-order valence-corrected chi connectivity index (χ2v) is 5.87. The van der Waals surface area contributed by atoms with E-state index in [0.717, 1.165) is 0 Å². The highest BCUT2D eigenvalue weighted by Gasteiger charge is 2.34. The van der Waals surface area contributed by atoms with E-state index in [1.165, 1.54) is 10.9 Å². The average Bonchev–Trinajstić information content (AvgIpc) is 2.81. The largest absolute Gasteiger partial charge is 0.472 e. The monoisotopic (exact) mass is 333 g/mol. The lowest BCUT2D eigenvalue weighted by Gasteiger charge is -2.17. The summed E-state index contributed by atoms with van der Waals surface area (Å²) in [6.45, 7) is -1.00. The Morgan fingerprint density at radius 1 is 1.59 bits per heavy atom. The molecular formula is C9H12N5O7P. The van der Waals surface area contributed by atoms with Crippen LogP contribution in [0, 0.1) is 0 Å². The zero-order chi connectivity index (χ0) is 16.5. The Morgan fingerprint density at radius 3 is 2.86 bits per heavy atom. The van der Waals surface area contributed by atoms with Crippen molar-refractivity contribution in [1.29, 1.82) is 0 Å². The third kappa shape index (κ3) is 3.14. The van der Waals surface area contributed by atoms with Gasteiger partial charge in [-0.25, -0.2) is 14.3 Å². The van der Waals surface area contributed by atoms with E-state index in [9.17, 15) is 14.2 Å². The number of imidazole rings is 1. The van der Waals surface area contributed by atoms with Crippen LogP contribution in [0.1, 0.15) is 0 Å². The van der Waals surface area contributed by atoms with Crippen molar-refractivity contribution in [2.24, 2.45) is 0 Å². The molecule has 0 radical (unpaired) electrons. The molecule has 13 heteroatoms. The number of anilines is 1. The molecular weight excluding hydrogens is 321 g/mol. The molecule has 2 heterocycles. The molecule has 2 atom stereocenters. The third-order valence-corrected chi connectivity index (χ3v) is 3.70. The van der Waals surface area contributed by atoms with E-state index in [1.54, 1.807) is 0 Å². The van der Waals surface area contributed by atoms with Gasteiger partial charge in [-0.2, -0.15) is 4.98 Å². The van der Waals surface area contributed by atoms with Crippen molar-refractivity contribution in [1.82, 2.24) is 19.5 Å². The maximum Gasteiger partial charge on any atom is 0.436 e. The number of aromatic amines is 1. The minimum absolute atomic E-state index is 0.0312. The van der Waals surface area contributed by atoms with Gasteiger partial charge >= 0.3 is 13.3 Å². The van der Waals surface area contributed by atoms with Crippen LogP contribution in [-0.4, -0.2) is 53.0 Å². The summed E-state index contributed by atoms with van der Waals surface area (Å²) in [7, 11) is -4.92. The summed E-state index contributed by atoms with van der Waals surface area (Å²) in [4.78, 5) is 41.2. The van der Waals surface area contributed by atoms with Gasteiger partial charge in [-0.05, 0) is 0 Å². The van der Waals surface area contributed by atoms with Crippen molar-refractivity contribution in [3.8, 4) is 0 Å². The van der Waals surface area contributed by atoms with Crippen LogP contribution in [0.5, 0.6) is 0 Å². The van der Waals surface area contributed by atoms with Crippen LogP contribution in [0.3, 0.4) is 0 Å². The molecule has 0 spiro atoms. The van der Waals surface area contributed by atoms with Crippen molar-refractivity contribution < 1.29 is 29.0 Å². The first-order valence-corrected chi connectivity index (χ1v) is 7.38. The van der Waals surface area contributed by atoms with Crippen LogP contribution in [0.2, 0.25) is 0 Å². The molecule has 0 saturated carbocycles. The molecule has 0 saturated heterocycles. The maximum atomic E-state index is 11.6. The van der Waals surface area contributed by atoms with Crippen LogP contribution >= 0.6 is 7.60 Å². The molecule has 0 aliphatic carbocycles. The van der Waals surface area contributed by atoms with Gasteiger partial charge in [0.25, 0.3) is 5.56 Å². The Labute approximate surface area is 121 Å². The Hall–Kier alpha value is -2.27. The summed E-state index contributed by atoms with van der Waals surface area (Å²) in [5.74, 6) is -0.168. The van der Waals surface area contributed by atoms with E-state index in [2.05, 4.69) is 19.5 Å². The topological polar surface area (TPSA) is 194 Å². The number of carbonyl (C=O) groups is 1. The predicted molar refractivity (Wildman–Crippen MR) is 72.4 cm³/mol. The van der Waals surface area contributed by atoms with E-state index >= 15 is 0 Å². The first kappa shape index (κ1) is 16.1. The molecule has 2 aromatic rings. The van der Waals surface area contributed by atoms with Crippen LogP contribution < -0.4 is 11.3 Å². The lowest BCUT2D eigenvalue weighted by Crippen LogP contribution is -2.24. The van der Waals surface area contributed by atoms with Gasteiger partial charge in [0.05, 0.1) is 19.5 Å². The van der Waals surface area contributed by atoms with Gasteiger partial charge in [-0.1, -0.05) is 0 Å². The van der Waals surface area contributed by atoms with Gasteiger partial charge in [-0.15, -0.1) is 0 Å². The van der Waals surface area contributed by atoms with Crippen LogP contribution in [0.15, 0.2) is 11.1 Å². The van der Waals surface area contributed by atoms with Gasteiger partial charge in [0.2, 0.25) is 5.95 Å². The first-order chi connectivity index (χ1) is 10.2. The Kier molecular flexibility index (Phi) is 4.28. The fourth-order valence-electron chi connectivity index (χ4n) is 1.70. The first-order valence-electron chi connectivity index (χ1n) is 5.80. The van der Waals surface area contributed by atoms with E-state index in [-0.39, 0.29) is 23.7 Å². The lowest BCUT2D eigenvalue weighted by atomic mass is 10.4. The van der Waals surface area contributed by atoms with Crippen molar-refractivity contribution in [2.75, 3.05) is 12.3 Å². The van der Waals surface area contributed by atoms with E-state index in [4.69, 9.17) is 20.8 Å². The van der Waals surface area contributed by atoms with E-state index in [0.29, 0.717) is 0 Å². The number of aliphatic hydroxyl groups is 1. The number of aromatic nitrogens is 4. The average molecular weight is 333 g/mol. The molecule has 2 rings (SSSR count). The summed E-state index contributed by atoms with van der Waals surface area (Å²) >= 11 is 0. The summed E-state index contributed by atoms with van der Waals surface area (Å²) in [6, 6.07) is 0. The van der Waals surface area contributed by atoms with Crippen molar-refractivity contribution in [2.45, 2.75) is 12.6 Å². The van der Waals surface area contributed by atoms with Gasteiger partial charge in [0.15, 0.2) is 11.2 Å². The van der Waals surface area contributed by atoms with E-state index in [1.807, 2.05) is 0 Å². The molecule has 2 unspecified atom stereocenters. The number of nitrogens with one attached hydrogen (secondary N) is 1. The number of carboxylic acid groups (broad SMARTS) is 1. The summed E-state index contributed by atoms with van der Waals surface area (Å²) in [6.07, 6.45) is -0.145. The number of nitrogen functional groups attached to an aromatic ring is 1. The molecule has 0 aromatic carbocycles. The molecule has 120 valence electrons. The molecule has 0 bridgehead atoms. The number of fused-ring (bicyclic) bond motifs is 1. The molecule has 6 N–H and O–H groups in total. The SMILES string of the molecule is Nc1nc2c(ncn2CC(CO)OP(=O)(O)C(=O)O)c(=O)[nH]1. The van der Waals surface area contributed by atoms with Gasteiger partial charge in [0, 0.05) is 0 Å². The van der Waals surface area contributed by atoms with Crippen LogP contribution in [0.4, 0.5) is 10.7 Å². The molecule has 0 aliphatic rings. The zero-order valence-electron chi connectivity index (χ0n) is 10.9. The number of nitrogens with zero attached hydrogens (tertiary/aromatic N) is 3. The number of aliphatic hydroxyl groups excluding tert-OH is 1. The number of nitrogens with two attached hydrogens (primary N) is 1. The highest BCUT2D eigenvalue weighted by Crippen LogP contribution is 2.44. The van der Waals surface area contributed by atoms with Crippen molar-refractivity contribution >= 4 is 30.4 Å². The standard InChI is InChI=1S/C9H12N5O7P/c10-8-12-6-5(7(16)13-8)11-3-14(6)1-4(2-15)21-22(19,20)9(17)18/h3-4,15H,1-2H2,(H,17,18)(H,19,20)(H3,10,12,13,16). The lowest BCUT2D eigenvalue weighted by molar-refractivity contribution is 0.0887. The molecule has 0 aliphatic heterocycles. The Balaban J connectivity index is 2.31. The number of hydrogen-bond acceptors (Lipinski definition) is 8. The fraction of sp³-hybridized carbons (Fsp3) is 0.333. The van der Waals surface area contributed by atoms with Crippen LogP contribution in [-0.2, 0) is 15.6 Å². The maximum absolute atomic E-state index is 11.6. The zero-order valence-corrected chi connectivity index (χ0v) is 11.8. The summed E-state index contributed by atoms with van der Waals surface area (Å²) in [5.41, 5.74) is 2.81. The Morgan fingerprint density at radius 2 is 2.27 bits per heavy atom. The van der Waals surface area contributed by atoms with E-state index < -0.39 is 31.6 Å². The summed E-state index contributed by atoms with van der Waals surface area (Å²) < 4.78 is 17.0. The quantitative estimate of drug-likeness (QED) is 0.407. The number of rotatable bonds is 6. The molecule has 12 nitrogen and oxygen atoms in total. The smallest absolute Gasteiger partial charge is 0.436 e. The van der Waals surface area contributed by atoms with Gasteiger partial charge in [-0.3, -0.25) is 14.3 Å². The molecule has 2 aromatic heterocycles. The summed E-state index contributed by atoms with van der Waals surface area (Å²) in [5, 5.41) is 17.7. The molecule has 0 amide bonds. The number of hydrogen-bond donors (Lipinski definition) is 5. The highest BCUT2D eigenvalue weighted by atomic mass is 31.2. The molecule has 0 fully saturated rings. The number of H-pyrrole nitrogens is 1. The van der Waals surface area contributed by atoms with Crippen molar-refractivity contribution in [3.63, 3.8) is 0 Å². The van der Waals surface area contributed by atoms with Gasteiger partial charge in [0.1, 0.15) is 6.10 Å². The Bertz CT molecular complexity index is 814. The second-order valence-electron chi connectivity index (χ2n) is 4.23. The minimum atomic E-state index is -4.92. The second kappa shape index (κ2) is 5.85. The van der Waals surface area contributed by atoms with Crippen LogP contribution in [0.25, 0.3) is 11.2 Å². The predicted octanol–water partition coefficient (Wildman–Crippen LogP) is -1.06. The third-order valence-electron chi connectivity index (χ3n) is 2.63. The normalized spacial score (nSPS) is 15.5. The fourth-order valence-corrected chi connectivity index (χ4v) is 2.32. The van der Waals surface area contributed by atoms with Crippen molar-refractivity contribution in [3.05, 3.63) is 16.7 Å². The highest BCUT2D eigenvalue weighted by molar-refractivity contribution is 7.70.